The highest BCUT2D eigenvalue weighted by Crippen LogP contribution is 2.12. The number of alkyl halides is 3. The molecule has 0 spiro atoms. The van der Waals surface area contributed by atoms with Gasteiger partial charge in [-0.05, 0) is 0 Å². The zero-order valence-corrected chi connectivity index (χ0v) is 10.4. The van der Waals surface area contributed by atoms with Crippen molar-refractivity contribution in [2.75, 3.05) is 39.8 Å². The van der Waals surface area contributed by atoms with Crippen LogP contribution < -0.4 is 10.6 Å². The standard InChI is InChI=1S/C10H16F3N3O3/c1-16(5-8(17)15-6-10(11,12)13)9(18)7-4-14-2-3-19-7/h7,14H,2-6H2,1H3,(H,15,17). The number of morpholine rings is 1. The minimum Gasteiger partial charge on any atom is -0.366 e. The van der Waals surface area contributed by atoms with Gasteiger partial charge in [-0.3, -0.25) is 9.59 Å². The van der Waals surface area contributed by atoms with Gasteiger partial charge in [-0.25, -0.2) is 0 Å². The summed E-state index contributed by atoms with van der Waals surface area (Å²) in [5.41, 5.74) is 0. The molecule has 0 radical (unpaired) electrons. The zero-order chi connectivity index (χ0) is 14.5. The molecule has 0 bridgehead atoms. The second-order valence-electron chi connectivity index (χ2n) is 4.15. The molecule has 0 aromatic rings. The molecule has 1 heterocycles. The molecule has 19 heavy (non-hydrogen) atoms. The highest BCUT2D eigenvalue weighted by atomic mass is 19.4. The van der Waals surface area contributed by atoms with Gasteiger partial charge in [0.1, 0.15) is 12.6 Å². The summed E-state index contributed by atoms with van der Waals surface area (Å²) in [6, 6.07) is 0. The Morgan fingerprint density at radius 3 is 2.68 bits per heavy atom. The summed E-state index contributed by atoms with van der Waals surface area (Å²) in [5, 5.41) is 4.64. The maximum absolute atomic E-state index is 11.9. The lowest BCUT2D eigenvalue weighted by atomic mass is 10.2. The number of likely N-dealkylation sites (N-methyl/N-ethyl adjacent to an activating group) is 1. The molecular formula is C10H16F3N3O3. The lowest BCUT2D eigenvalue weighted by molar-refractivity contribution is -0.148. The predicted octanol–water partition coefficient (Wildman–Crippen LogP) is -0.888. The van der Waals surface area contributed by atoms with Crippen molar-refractivity contribution in [3.63, 3.8) is 0 Å². The fourth-order valence-electron chi connectivity index (χ4n) is 1.52. The van der Waals surface area contributed by atoms with E-state index in [1.807, 2.05) is 0 Å². The number of carbonyl (C=O) groups is 2. The normalized spacial score (nSPS) is 19.9. The van der Waals surface area contributed by atoms with E-state index in [9.17, 15) is 22.8 Å². The summed E-state index contributed by atoms with van der Waals surface area (Å²) in [7, 11) is 1.34. The molecule has 2 N–H and O–H groups in total. The smallest absolute Gasteiger partial charge is 0.366 e. The summed E-state index contributed by atoms with van der Waals surface area (Å²) in [4.78, 5) is 24.1. The van der Waals surface area contributed by atoms with Crippen LogP contribution in [-0.2, 0) is 14.3 Å². The molecule has 1 rings (SSSR count). The SMILES string of the molecule is CN(CC(=O)NCC(F)(F)F)C(=O)C1CNCCO1. The number of hydrogen-bond donors (Lipinski definition) is 2. The Morgan fingerprint density at radius 1 is 1.47 bits per heavy atom. The van der Waals surface area contributed by atoms with Crippen molar-refractivity contribution < 1.29 is 27.5 Å². The summed E-state index contributed by atoms with van der Waals surface area (Å²) in [6.45, 7) is -0.498. The third kappa shape index (κ3) is 5.88. The van der Waals surface area contributed by atoms with Gasteiger partial charge in [0.2, 0.25) is 5.91 Å². The first-order chi connectivity index (χ1) is 8.79. The van der Waals surface area contributed by atoms with Gasteiger partial charge in [0.05, 0.1) is 13.2 Å². The van der Waals surface area contributed by atoms with E-state index in [1.54, 1.807) is 5.32 Å². The molecule has 0 aromatic carbocycles. The van der Waals surface area contributed by atoms with Crippen LogP contribution in [-0.4, -0.2) is 68.8 Å². The molecule has 1 saturated heterocycles. The van der Waals surface area contributed by atoms with Crippen molar-refractivity contribution in [1.29, 1.82) is 0 Å². The quantitative estimate of drug-likeness (QED) is 0.702. The average Bonchev–Trinajstić information content (AvgIpc) is 2.35. The van der Waals surface area contributed by atoms with Crippen molar-refractivity contribution in [3.05, 3.63) is 0 Å². The van der Waals surface area contributed by atoms with Crippen molar-refractivity contribution >= 4 is 11.8 Å². The molecule has 1 unspecified atom stereocenters. The maximum Gasteiger partial charge on any atom is 0.405 e. The topological polar surface area (TPSA) is 70.7 Å². The van der Waals surface area contributed by atoms with Crippen LogP contribution in [0.25, 0.3) is 0 Å². The Morgan fingerprint density at radius 2 is 2.16 bits per heavy atom. The zero-order valence-electron chi connectivity index (χ0n) is 10.4. The Kier molecular flexibility index (Phi) is 5.55. The van der Waals surface area contributed by atoms with Crippen LogP contribution >= 0.6 is 0 Å². The lowest BCUT2D eigenvalue weighted by Gasteiger charge is -2.27. The van der Waals surface area contributed by atoms with E-state index in [-0.39, 0.29) is 0 Å². The summed E-state index contributed by atoms with van der Waals surface area (Å²) in [5.74, 6) is -1.30. The molecule has 9 heteroatoms. The summed E-state index contributed by atoms with van der Waals surface area (Å²) in [6.07, 6.45) is -5.16. The van der Waals surface area contributed by atoms with Gasteiger partial charge in [0, 0.05) is 20.1 Å². The van der Waals surface area contributed by atoms with Crippen LogP contribution in [0.5, 0.6) is 0 Å². The second-order valence-corrected chi connectivity index (χ2v) is 4.15. The number of nitrogens with zero attached hydrogens (tertiary/aromatic N) is 1. The van der Waals surface area contributed by atoms with Crippen molar-refractivity contribution in [3.8, 4) is 0 Å². The third-order valence-electron chi connectivity index (χ3n) is 2.45. The lowest BCUT2D eigenvalue weighted by Crippen LogP contribution is -2.50. The van der Waals surface area contributed by atoms with Crippen LogP contribution in [0.2, 0.25) is 0 Å². The van der Waals surface area contributed by atoms with Crippen molar-refractivity contribution in [2.45, 2.75) is 12.3 Å². The Bertz CT molecular complexity index is 330. The fraction of sp³-hybridized carbons (Fsp3) is 0.800. The minimum atomic E-state index is -4.46. The number of carbonyl (C=O) groups excluding carboxylic acids is 2. The van der Waals surface area contributed by atoms with E-state index in [4.69, 9.17) is 4.74 Å². The molecule has 1 fully saturated rings. The van der Waals surface area contributed by atoms with Crippen molar-refractivity contribution in [1.82, 2.24) is 15.5 Å². The number of halogens is 3. The molecular weight excluding hydrogens is 267 g/mol. The number of amides is 2. The second kappa shape index (κ2) is 6.71. The number of nitrogens with one attached hydrogen (secondary N) is 2. The van der Waals surface area contributed by atoms with Crippen LogP contribution in [0.3, 0.4) is 0 Å². The Balaban J connectivity index is 2.34. The van der Waals surface area contributed by atoms with Crippen LogP contribution in [0.4, 0.5) is 13.2 Å². The first-order valence-corrected chi connectivity index (χ1v) is 5.70. The van der Waals surface area contributed by atoms with Gasteiger partial charge < -0.3 is 20.3 Å². The van der Waals surface area contributed by atoms with Gasteiger partial charge in [-0.2, -0.15) is 13.2 Å². The molecule has 0 saturated carbocycles. The van der Waals surface area contributed by atoms with Crippen LogP contribution in [0.15, 0.2) is 0 Å². The average molecular weight is 283 g/mol. The van der Waals surface area contributed by atoms with Gasteiger partial charge in [-0.15, -0.1) is 0 Å². The van der Waals surface area contributed by atoms with Crippen LogP contribution in [0.1, 0.15) is 0 Å². The molecule has 1 atom stereocenters. The van der Waals surface area contributed by atoms with Gasteiger partial charge >= 0.3 is 6.18 Å². The molecule has 0 aromatic heterocycles. The van der Waals surface area contributed by atoms with Gasteiger partial charge in [-0.1, -0.05) is 0 Å². The first-order valence-electron chi connectivity index (χ1n) is 5.70. The monoisotopic (exact) mass is 283 g/mol. The number of rotatable bonds is 4. The Labute approximate surface area is 108 Å². The number of ether oxygens (including phenoxy) is 1. The molecule has 1 aliphatic heterocycles. The molecule has 6 nitrogen and oxygen atoms in total. The highest BCUT2D eigenvalue weighted by Gasteiger charge is 2.29. The van der Waals surface area contributed by atoms with E-state index in [0.29, 0.717) is 19.7 Å². The summed E-state index contributed by atoms with van der Waals surface area (Å²) >= 11 is 0. The van der Waals surface area contributed by atoms with Crippen molar-refractivity contribution in [2.24, 2.45) is 0 Å². The van der Waals surface area contributed by atoms with Gasteiger partial charge in [0.15, 0.2) is 0 Å². The van der Waals surface area contributed by atoms with Crippen LogP contribution in [0, 0.1) is 0 Å². The molecule has 2 amide bonds. The maximum atomic E-state index is 11.9. The minimum absolute atomic E-state index is 0.327. The fourth-order valence-corrected chi connectivity index (χ4v) is 1.52. The van der Waals surface area contributed by atoms with E-state index in [0.717, 1.165) is 4.90 Å². The van der Waals surface area contributed by atoms with E-state index in [2.05, 4.69) is 5.32 Å². The largest absolute Gasteiger partial charge is 0.405 e. The number of hydrogen-bond acceptors (Lipinski definition) is 4. The van der Waals surface area contributed by atoms with E-state index >= 15 is 0 Å². The van der Waals surface area contributed by atoms with E-state index in [1.165, 1.54) is 7.05 Å². The first kappa shape index (κ1) is 15.7. The summed E-state index contributed by atoms with van der Waals surface area (Å²) < 4.78 is 40.8. The van der Waals surface area contributed by atoms with E-state index < -0.39 is 37.2 Å². The molecule has 1 aliphatic rings. The molecule has 0 aliphatic carbocycles. The molecule has 110 valence electrons. The van der Waals surface area contributed by atoms with Gasteiger partial charge in [0.25, 0.3) is 5.91 Å². The Hall–Kier alpha value is -1.35. The third-order valence-corrected chi connectivity index (χ3v) is 2.45. The predicted molar refractivity (Wildman–Crippen MR) is 59.3 cm³/mol. The highest BCUT2D eigenvalue weighted by molar-refractivity contribution is 5.87.